The summed E-state index contributed by atoms with van der Waals surface area (Å²) in [6, 6.07) is 48.8. The number of aryl methyl sites for hydroxylation is 9. The molecule has 4 N–H and O–H groups in total. The maximum Gasteiger partial charge on any atom is 0.355 e. The number of ether oxygens (including phenoxy) is 4. The highest BCUT2D eigenvalue weighted by Gasteiger charge is 2.25. The molecular weight excluding hydrogens is 2350 g/mol. The fourth-order valence-electron chi connectivity index (χ4n) is 16.7. The van der Waals surface area contributed by atoms with Gasteiger partial charge in [-0.1, -0.05) is 85.7 Å². The Balaban J connectivity index is 0.000000135. The molecule has 39 nitrogen and oxygen atoms in total. The quantitative estimate of drug-likeness (QED) is 0.0258. The van der Waals surface area contributed by atoms with Crippen molar-refractivity contribution in [1.82, 2.24) is 111 Å². The molecule has 0 saturated carbocycles. The van der Waals surface area contributed by atoms with Gasteiger partial charge in [0.2, 0.25) is 0 Å². The van der Waals surface area contributed by atoms with E-state index in [1.165, 1.54) is 42.5 Å². The Labute approximate surface area is 905 Å². The van der Waals surface area contributed by atoms with E-state index in [-0.39, 0.29) is 46.2 Å². The third-order valence-electron chi connectivity index (χ3n) is 23.6. The maximum absolute atomic E-state index is 13.0. The van der Waals surface area contributed by atoms with Gasteiger partial charge in [-0.25, -0.2) is 38.3 Å². The molecular formula is C100H89Br5Cl4N23O16P. The SMILES string of the molecule is COC(=O)c1[nH]c2ccc(Br)cc2c1C=O.COC(=O)c1c(C=O)c2cc(Br)ccc2n1C.COC(=O)c1cc2cc(Br)ccc2[nH]1.COC(=O)c1ccc2c(c1)c1cnn(Cc3ccn(C)n3)c(=O)c1n2C.Cn1c2ccc(Br)cc2c2cn[nH]c(=O)c21.Cn1ccc(CCl)n1.Cn1ccc(Cn2ncc3c4cc(Br)ccc4n(C)c3c2=O)n1.Cn1ccc(Cn2ncc3c4cc(CO)ccc4n(C)c3c2=O)n1.O=P(Cl)(Cl)Cl. The topological polar surface area (TPSA) is 455 Å². The normalized spacial score (nSPS) is 11.1. The fourth-order valence-corrected chi connectivity index (χ4v) is 18.7. The Morgan fingerprint density at radius 3 is 1.17 bits per heavy atom. The van der Waals surface area contributed by atoms with E-state index in [0.717, 1.165) is 138 Å². The Hall–Kier alpha value is -14.3. The average Bonchev–Trinajstić information content (AvgIpc) is 1.61. The van der Waals surface area contributed by atoms with Gasteiger partial charge in [0, 0.05) is 208 Å². The number of carbonyl (C=O) groups is 6. The van der Waals surface area contributed by atoms with Crippen molar-refractivity contribution in [2.24, 2.45) is 63.4 Å². The van der Waals surface area contributed by atoms with Crippen molar-refractivity contribution in [3.05, 3.63) is 333 Å². The van der Waals surface area contributed by atoms with Gasteiger partial charge in [-0.2, -0.15) is 40.8 Å². The molecule has 0 atom stereocenters. The lowest BCUT2D eigenvalue weighted by atomic mass is 10.1. The number of nitrogens with zero attached hydrogens (tertiary/aromatic N) is 20. The number of halogens is 9. The summed E-state index contributed by atoms with van der Waals surface area (Å²) in [5.41, 5.74) is 14.3. The van der Waals surface area contributed by atoms with Crippen molar-refractivity contribution in [2.45, 2.75) is 32.1 Å². The molecule has 15 heterocycles. The van der Waals surface area contributed by atoms with Crippen molar-refractivity contribution in [1.29, 1.82) is 0 Å². The lowest BCUT2D eigenvalue weighted by molar-refractivity contribution is 0.0581. The van der Waals surface area contributed by atoms with Gasteiger partial charge in [0.15, 0.2) is 12.6 Å². The minimum atomic E-state index is -3.22. The summed E-state index contributed by atoms with van der Waals surface area (Å²) >= 11 is 36.2. The van der Waals surface area contributed by atoms with Gasteiger partial charge in [-0.15, -0.1) is 11.6 Å². The molecule has 0 spiro atoms. The van der Waals surface area contributed by atoms with Crippen LogP contribution in [0.1, 0.15) is 90.9 Å². The van der Waals surface area contributed by atoms with E-state index in [1.807, 2.05) is 227 Å². The molecule has 0 aliphatic rings. The van der Waals surface area contributed by atoms with Gasteiger partial charge in [0.25, 0.3) is 22.2 Å². The van der Waals surface area contributed by atoms with Crippen molar-refractivity contribution >= 4 is 287 Å². The number of nitrogens with one attached hydrogen (secondary N) is 3. The Morgan fingerprint density at radius 1 is 0.396 bits per heavy atom. The number of hydrogen-bond acceptors (Lipinski definition) is 24. The number of benzene rings is 7. The predicted molar refractivity (Wildman–Crippen MR) is 591 cm³/mol. The van der Waals surface area contributed by atoms with Crippen LogP contribution < -0.4 is 22.2 Å². The second-order valence-corrected chi connectivity index (χ2v) is 44.5. The van der Waals surface area contributed by atoms with Gasteiger partial charge < -0.3 is 56.9 Å². The van der Waals surface area contributed by atoms with E-state index in [0.29, 0.717) is 93.3 Å². The van der Waals surface area contributed by atoms with Crippen LogP contribution in [0, 0.1) is 0 Å². The van der Waals surface area contributed by atoms with Gasteiger partial charge in [-0.05, 0) is 191 Å². The number of aromatic amines is 3. The summed E-state index contributed by atoms with van der Waals surface area (Å²) in [5.74, 6) is -1.32. The molecule has 49 heteroatoms. The molecule has 0 aliphatic heterocycles. The van der Waals surface area contributed by atoms with Crippen molar-refractivity contribution in [3.8, 4) is 0 Å². The molecule has 0 radical (unpaired) electrons. The van der Waals surface area contributed by atoms with E-state index in [2.05, 4.69) is 183 Å². The summed E-state index contributed by atoms with van der Waals surface area (Å²) in [6.07, 6.45) is 15.5. The number of H-pyrrole nitrogens is 3. The second-order valence-electron chi connectivity index (χ2n) is 33.0. The van der Waals surface area contributed by atoms with Crippen LogP contribution in [-0.2, 0) is 119 Å². The molecule has 149 heavy (non-hydrogen) atoms. The lowest BCUT2D eigenvalue weighted by Crippen LogP contribution is -2.24. The predicted octanol–water partition coefficient (Wildman–Crippen LogP) is 19.0. The first kappa shape index (κ1) is 110. The molecule has 22 rings (SSSR count). The summed E-state index contributed by atoms with van der Waals surface area (Å²) in [7, 11) is 21.9. The van der Waals surface area contributed by atoms with Crippen LogP contribution in [-0.4, -0.2) is 181 Å². The minimum absolute atomic E-state index is 0.0313. The number of alkyl halides is 1. The van der Waals surface area contributed by atoms with E-state index < -0.39 is 23.1 Å². The lowest BCUT2D eigenvalue weighted by Gasteiger charge is -2.03. The van der Waals surface area contributed by atoms with Gasteiger partial charge in [-0.3, -0.25) is 52.1 Å². The van der Waals surface area contributed by atoms with Crippen molar-refractivity contribution in [2.75, 3.05) is 28.4 Å². The number of aldehydes is 2. The Kier molecular flexibility index (Phi) is 35.5. The highest BCUT2D eigenvalue weighted by Crippen LogP contribution is 2.61. The van der Waals surface area contributed by atoms with Crippen LogP contribution in [0.5, 0.6) is 0 Å². The zero-order chi connectivity index (χ0) is 108. The van der Waals surface area contributed by atoms with E-state index >= 15 is 0 Å². The van der Waals surface area contributed by atoms with Crippen LogP contribution in [0.25, 0.3) is 120 Å². The molecule has 0 fully saturated rings. The zero-order valence-electron chi connectivity index (χ0n) is 81.2. The standard InChI is InChI=1S/C18H17N5O3.C17H17N5O2.C16H14BrN5O.C12H10BrNO3.C11H8BrN3O.C11H8BrNO3.C10H8BrNO2.C5H7ClN2.Cl3OP/c1-21-7-6-12(20-21)10-23-17(24)16-14(9-19-23)13-8-11(18(25)26-3)4-5-15(13)22(16)2;1-20-6-5-12(19-20)9-22-17(24)16-14(8-18-22)13-7-11(10-23)3-4-15(13)21(16)2;1-20-6-5-11(19-20)9-22-16(23)15-13(8-18-22)12-7-10(17)3-4-14(12)21(15)2;1-14-10-4-3-7(13)5-8(10)9(6-15)11(14)12(16)17-2;1-15-9-3-2-6(12)4-7(9)8-5-13-14-11(16)10(8)15;1-16-11(15)10-8(5-14)7-4-6(12)2-3-9(7)13-10;1-14-10(13)9-5-6-4-7(11)2-3-8(6)12-9;1-8-3-2-5(4-6)7-8;1-5(2,3)4/h4-9H,10H2,1-3H3;3-8,23H,9-10H2,1-2H3;3-8H,9H2,1-2H3;3-6H,1-2H3;2-5H,1H3,(H,14,16);2-5,13H,1H3;2-5,12H,1H3;2-3H,4H2,1H3;. The average molecular weight is 2440 g/mol. The van der Waals surface area contributed by atoms with Gasteiger partial charge >= 0.3 is 29.1 Å². The monoisotopic (exact) mass is 2430 g/mol. The molecule has 0 unspecified atom stereocenters. The molecule has 768 valence electrons. The first-order valence-electron chi connectivity index (χ1n) is 44.2. The fraction of sp³-hybridized carbons (Fsp3) is 0.180. The first-order valence-corrected chi connectivity index (χ1v) is 53.1. The highest BCUT2D eigenvalue weighted by molar-refractivity contribution is 9.11. The van der Waals surface area contributed by atoms with E-state index in [4.69, 9.17) is 16.3 Å². The van der Waals surface area contributed by atoms with Crippen molar-refractivity contribution < 1.29 is 57.4 Å². The minimum Gasteiger partial charge on any atom is -0.465 e. The molecule has 22 aromatic rings. The van der Waals surface area contributed by atoms with Crippen molar-refractivity contribution in [3.63, 3.8) is 0 Å². The Bertz CT molecular complexity index is 9250. The summed E-state index contributed by atoms with van der Waals surface area (Å²) in [4.78, 5) is 124. The number of carbonyl (C=O) groups excluding carboxylic acids is 6. The number of esters is 4. The summed E-state index contributed by atoms with van der Waals surface area (Å²) in [5, 5.41) is 51.7. The number of hydrogen-bond donors (Lipinski definition) is 4. The third-order valence-corrected chi connectivity index (χ3v) is 26.3. The molecule has 15 aromatic heterocycles. The molecule has 0 amide bonds. The number of aliphatic hydroxyl groups is 1. The first-order chi connectivity index (χ1) is 71.1. The number of aromatic nitrogens is 23. The number of aliphatic hydroxyl groups excluding tert-OH is 1. The molecule has 7 aromatic carbocycles. The van der Waals surface area contributed by atoms with Crippen LogP contribution in [0.3, 0.4) is 0 Å². The number of fused-ring (bicyclic) bond motifs is 15. The van der Waals surface area contributed by atoms with Crippen LogP contribution in [0.4, 0.5) is 0 Å². The Morgan fingerprint density at radius 2 is 0.765 bits per heavy atom. The van der Waals surface area contributed by atoms with E-state index in [9.17, 15) is 57.6 Å². The summed E-state index contributed by atoms with van der Waals surface area (Å²) in [6.45, 7) is 0.959. The largest absolute Gasteiger partial charge is 0.465 e. The zero-order valence-corrected chi connectivity index (χ0v) is 93.0. The van der Waals surface area contributed by atoms with Gasteiger partial charge in [0.05, 0.1) is 125 Å². The molecule has 0 saturated heterocycles. The van der Waals surface area contributed by atoms with Crippen LogP contribution in [0.15, 0.2) is 249 Å². The third kappa shape index (κ3) is 24.8. The molecule has 0 aliphatic carbocycles. The second kappa shape index (κ2) is 47.9. The number of methoxy groups -OCH3 is 4. The maximum atomic E-state index is 13.0. The highest BCUT2D eigenvalue weighted by atomic mass is 79.9. The molecule has 0 bridgehead atoms. The number of rotatable bonds is 14. The van der Waals surface area contributed by atoms with Gasteiger partial charge in [0.1, 0.15) is 39.1 Å². The van der Waals surface area contributed by atoms with Crippen LogP contribution in [0.2, 0.25) is 0 Å². The smallest absolute Gasteiger partial charge is 0.355 e. The summed E-state index contributed by atoms with van der Waals surface area (Å²) < 4.78 is 53.1. The van der Waals surface area contributed by atoms with E-state index in [1.54, 1.807) is 85.5 Å². The van der Waals surface area contributed by atoms with Crippen LogP contribution >= 0.6 is 130 Å².